The molecule has 0 aliphatic rings. The zero-order valence-electron chi connectivity index (χ0n) is 39.9. The molecule has 0 fully saturated rings. The number of ether oxygens (including phenoxy) is 1. The molecule has 9 aromatic carbocycles. The van der Waals surface area contributed by atoms with Gasteiger partial charge in [0.2, 0.25) is 0 Å². The van der Waals surface area contributed by atoms with Crippen molar-refractivity contribution in [1.82, 2.24) is 0 Å². The summed E-state index contributed by atoms with van der Waals surface area (Å²) >= 11 is 29.0. The van der Waals surface area contributed by atoms with Gasteiger partial charge in [-0.2, -0.15) is 0 Å². The minimum atomic E-state index is -0.408. The maximum absolute atomic E-state index is 10.8. The summed E-state index contributed by atoms with van der Waals surface area (Å²) in [6, 6.07) is 61.9. The molecular weight excluding hydrogens is 1090 g/mol. The monoisotopic (exact) mass is 1130 g/mol. The number of hydrogen-bond donors (Lipinski definition) is 6. The Morgan fingerprint density at radius 3 is 1.15 bits per heavy atom. The third-order valence-corrected chi connectivity index (χ3v) is 15.6. The van der Waals surface area contributed by atoms with Crippen molar-refractivity contribution < 1.29 is 25.0 Å². The number of nitro benzene ring substituents is 1. The number of methoxy groups -OCH3 is 1. The van der Waals surface area contributed by atoms with Crippen molar-refractivity contribution in [3.63, 3.8) is 0 Å². The van der Waals surface area contributed by atoms with Crippen LogP contribution in [-0.4, -0.2) is 27.4 Å². The standard InChI is InChI=1S/C20H18ClNO2S.C19H15Cl2NOS.C19H15ClN2O3S/c1-24-16-7-9-17(10-8-16)25-20-5-3-2-4-14(20)13-22-15-6-11-19(23)18(21)12-15;20-15-6-2-4-8-19(15)24-18-7-3-1-5-13(18)12-22-14-9-10-17(23)16(21)11-14;20-17-11-14(5-10-18(17)23)21-12-13-3-1-2-4-19(13)26-16-8-6-15(7-9-16)22(24)25/h2-12,22-23H,13H2,1H3;1-11,22-23H,12H2;1-11,21,23H,12H2. The van der Waals surface area contributed by atoms with Crippen molar-refractivity contribution in [3.8, 4) is 23.0 Å². The Balaban J connectivity index is 0.000000164. The van der Waals surface area contributed by atoms with E-state index in [1.807, 2.05) is 97.1 Å². The van der Waals surface area contributed by atoms with E-state index in [0.29, 0.717) is 34.7 Å². The molecule has 0 saturated heterocycles. The lowest BCUT2D eigenvalue weighted by molar-refractivity contribution is -0.384. The predicted octanol–water partition coefficient (Wildman–Crippen LogP) is 18.0. The van der Waals surface area contributed by atoms with E-state index in [4.69, 9.17) is 51.1 Å². The maximum atomic E-state index is 10.8. The molecule has 0 aromatic heterocycles. The molecule has 382 valence electrons. The number of nitrogens with zero attached hydrogens (tertiary/aromatic N) is 1. The molecular formula is C58H48Cl4N4O6S3. The van der Waals surface area contributed by atoms with Gasteiger partial charge in [-0.1, -0.05) is 148 Å². The Morgan fingerprint density at radius 1 is 0.440 bits per heavy atom. The average Bonchev–Trinajstić information content (AvgIpc) is 3.42. The predicted molar refractivity (Wildman–Crippen MR) is 311 cm³/mol. The average molecular weight is 1140 g/mol. The molecule has 0 aliphatic carbocycles. The molecule has 10 nitrogen and oxygen atoms in total. The van der Waals surface area contributed by atoms with Crippen LogP contribution in [0.5, 0.6) is 23.0 Å². The number of phenols is 3. The van der Waals surface area contributed by atoms with E-state index in [-0.39, 0.29) is 22.9 Å². The van der Waals surface area contributed by atoms with Crippen LogP contribution < -0.4 is 20.7 Å². The number of hydrogen-bond acceptors (Lipinski definition) is 12. The van der Waals surface area contributed by atoms with Crippen LogP contribution >= 0.6 is 81.7 Å². The fraction of sp³-hybridized carbons (Fsp3) is 0.0690. The minimum absolute atomic E-state index is 0.0475. The lowest BCUT2D eigenvalue weighted by Crippen LogP contribution is -2.00. The normalized spacial score (nSPS) is 10.5. The van der Waals surface area contributed by atoms with Gasteiger partial charge >= 0.3 is 0 Å². The van der Waals surface area contributed by atoms with Crippen molar-refractivity contribution in [2.45, 2.75) is 49.0 Å². The van der Waals surface area contributed by atoms with Gasteiger partial charge in [-0.15, -0.1) is 0 Å². The largest absolute Gasteiger partial charge is 0.506 e. The Kier molecular flexibility index (Phi) is 21.0. The highest BCUT2D eigenvalue weighted by Gasteiger charge is 2.11. The third-order valence-electron chi connectivity index (χ3n) is 10.8. The number of nitrogens with one attached hydrogen (secondary N) is 3. The third kappa shape index (κ3) is 17.1. The van der Waals surface area contributed by atoms with Gasteiger partial charge in [0, 0.05) is 78.2 Å². The number of rotatable bonds is 17. The van der Waals surface area contributed by atoms with Gasteiger partial charge in [-0.25, -0.2) is 0 Å². The maximum Gasteiger partial charge on any atom is 0.269 e. The van der Waals surface area contributed by atoms with Crippen molar-refractivity contribution >= 4 is 104 Å². The second-order valence-corrected chi connectivity index (χ2v) is 21.0. The van der Waals surface area contributed by atoms with Gasteiger partial charge in [0.05, 0.1) is 32.1 Å². The Bertz CT molecular complexity index is 3340. The van der Waals surface area contributed by atoms with E-state index in [1.54, 1.807) is 109 Å². The highest BCUT2D eigenvalue weighted by molar-refractivity contribution is 8.00. The molecule has 0 bridgehead atoms. The molecule has 0 amide bonds. The van der Waals surface area contributed by atoms with Gasteiger partial charge < -0.3 is 36.0 Å². The minimum Gasteiger partial charge on any atom is -0.506 e. The summed E-state index contributed by atoms with van der Waals surface area (Å²) in [5.74, 6) is 1.06. The van der Waals surface area contributed by atoms with Gasteiger partial charge in [0.15, 0.2) is 0 Å². The molecule has 0 unspecified atom stereocenters. The van der Waals surface area contributed by atoms with E-state index >= 15 is 0 Å². The van der Waals surface area contributed by atoms with Crippen LogP contribution in [0.3, 0.4) is 0 Å². The molecule has 0 atom stereocenters. The first kappa shape index (κ1) is 55.9. The summed E-state index contributed by atoms with van der Waals surface area (Å²) in [5.41, 5.74) is 6.04. The molecule has 0 spiro atoms. The first-order chi connectivity index (χ1) is 36.3. The summed E-state index contributed by atoms with van der Waals surface area (Å²) in [6.45, 7) is 1.90. The second kappa shape index (κ2) is 28.2. The van der Waals surface area contributed by atoms with Crippen LogP contribution in [0.1, 0.15) is 16.7 Å². The summed E-state index contributed by atoms with van der Waals surface area (Å²) in [7, 11) is 1.67. The Morgan fingerprint density at radius 2 is 0.787 bits per heavy atom. The number of anilines is 3. The zero-order chi connectivity index (χ0) is 53.1. The quantitative estimate of drug-likeness (QED) is 0.0293. The van der Waals surface area contributed by atoms with Gasteiger partial charge in [-0.05, 0) is 138 Å². The van der Waals surface area contributed by atoms with Crippen LogP contribution in [-0.2, 0) is 19.6 Å². The number of phenolic OH excluding ortho intramolecular Hbond substituents is 3. The van der Waals surface area contributed by atoms with E-state index in [9.17, 15) is 25.4 Å². The van der Waals surface area contributed by atoms with Crippen LogP contribution in [0, 0.1) is 10.1 Å². The van der Waals surface area contributed by atoms with Crippen LogP contribution in [0.2, 0.25) is 20.1 Å². The highest BCUT2D eigenvalue weighted by Crippen LogP contribution is 2.37. The summed E-state index contributed by atoms with van der Waals surface area (Å²) in [4.78, 5) is 16.8. The molecule has 0 saturated carbocycles. The van der Waals surface area contributed by atoms with Crippen molar-refractivity contribution in [1.29, 1.82) is 0 Å². The van der Waals surface area contributed by atoms with Crippen molar-refractivity contribution in [3.05, 3.63) is 247 Å². The molecule has 0 heterocycles. The molecule has 9 rings (SSSR count). The molecule has 75 heavy (non-hydrogen) atoms. The highest BCUT2D eigenvalue weighted by atomic mass is 35.5. The van der Waals surface area contributed by atoms with Gasteiger partial charge in [-0.3, -0.25) is 10.1 Å². The second-order valence-electron chi connectivity index (χ2n) is 16.0. The van der Waals surface area contributed by atoms with Crippen molar-refractivity contribution in [2.24, 2.45) is 0 Å². The molecule has 0 radical (unpaired) electrons. The van der Waals surface area contributed by atoms with Crippen LogP contribution in [0.4, 0.5) is 22.7 Å². The van der Waals surface area contributed by atoms with E-state index in [2.05, 4.69) is 40.2 Å². The van der Waals surface area contributed by atoms with E-state index in [0.717, 1.165) is 63.4 Å². The summed E-state index contributed by atoms with van der Waals surface area (Å²) in [5, 5.41) is 50.9. The summed E-state index contributed by atoms with van der Waals surface area (Å²) < 4.78 is 5.20. The molecule has 0 aliphatic heterocycles. The zero-order valence-corrected chi connectivity index (χ0v) is 45.4. The number of benzene rings is 9. The van der Waals surface area contributed by atoms with E-state index in [1.165, 1.54) is 22.6 Å². The smallest absolute Gasteiger partial charge is 0.269 e. The first-order valence-corrected chi connectivity index (χ1v) is 26.9. The van der Waals surface area contributed by atoms with Crippen molar-refractivity contribution in [2.75, 3.05) is 23.1 Å². The number of halogens is 4. The van der Waals surface area contributed by atoms with Crippen LogP contribution in [0.15, 0.2) is 230 Å². The van der Waals surface area contributed by atoms with Crippen LogP contribution in [0.25, 0.3) is 0 Å². The Labute approximate surface area is 468 Å². The molecule has 9 aromatic rings. The molecule has 6 N–H and O–H groups in total. The SMILES string of the molecule is COc1ccc(Sc2ccccc2CNc2ccc(O)c(Cl)c2)cc1.O=[N+]([O-])c1ccc(Sc2ccccc2CNc2ccc(O)c(Cl)c2)cc1.Oc1ccc(NCc2ccccc2Sc2ccccc2Cl)cc1Cl. The number of non-ortho nitro benzene ring substituents is 1. The lowest BCUT2D eigenvalue weighted by atomic mass is 10.2. The van der Waals surface area contributed by atoms with E-state index < -0.39 is 4.92 Å². The fourth-order valence-corrected chi connectivity index (χ4v) is 10.5. The Hall–Kier alpha value is -6.81. The molecule has 17 heteroatoms. The number of nitro groups is 1. The summed E-state index contributed by atoms with van der Waals surface area (Å²) in [6.07, 6.45) is 0. The van der Waals surface area contributed by atoms with Gasteiger partial charge in [0.25, 0.3) is 5.69 Å². The lowest BCUT2D eigenvalue weighted by Gasteiger charge is -2.12. The van der Waals surface area contributed by atoms with Gasteiger partial charge in [0.1, 0.15) is 23.0 Å². The fourth-order valence-electron chi connectivity index (χ4n) is 6.87. The first-order valence-electron chi connectivity index (χ1n) is 22.9. The topological polar surface area (TPSA) is 149 Å². The number of aromatic hydroxyl groups is 3.